The predicted molar refractivity (Wildman–Crippen MR) is 108 cm³/mol. The van der Waals surface area contributed by atoms with E-state index in [1.54, 1.807) is 23.1 Å². The van der Waals surface area contributed by atoms with Crippen LogP contribution >= 0.6 is 0 Å². The summed E-state index contributed by atoms with van der Waals surface area (Å²) in [6.07, 6.45) is 1.17. The van der Waals surface area contributed by atoms with Crippen molar-refractivity contribution in [2.45, 2.75) is 69.5 Å². The van der Waals surface area contributed by atoms with Crippen LogP contribution in [0.2, 0.25) is 0 Å². The van der Waals surface area contributed by atoms with Gasteiger partial charge in [0.2, 0.25) is 0 Å². The van der Waals surface area contributed by atoms with Crippen molar-refractivity contribution in [3.63, 3.8) is 0 Å². The molecule has 2 aliphatic heterocycles. The van der Waals surface area contributed by atoms with Crippen molar-refractivity contribution in [3.05, 3.63) is 29.8 Å². The van der Waals surface area contributed by atoms with E-state index in [2.05, 4.69) is 9.71 Å². The summed E-state index contributed by atoms with van der Waals surface area (Å²) in [6.45, 7) is 7.55. The van der Waals surface area contributed by atoms with Crippen LogP contribution in [0.1, 0.15) is 52.5 Å². The molecule has 2 atom stereocenters. The van der Waals surface area contributed by atoms with Crippen LogP contribution in [0.25, 0.3) is 0 Å². The van der Waals surface area contributed by atoms with Crippen LogP contribution in [-0.4, -0.2) is 55.3 Å². The number of sulfonamides is 1. The number of hydrogen-bond donors (Lipinski definition) is 1. The summed E-state index contributed by atoms with van der Waals surface area (Å²) in [5.41, 5.74) is 0.0522. The van der Waals surface area contributed by atoms with Crippen molar-refractivity contribution in [2.75, 3.05) is 6.54 Å². The Morgan fingerprint density at radius 1 is 1.24 bits per heavy atom. The normalized spacial score (nSPS) is 21.7. The number of piperidine rings is 1. The number of carbonyl (C=O) groups excluding carboxylic acids is 2. The number of ether oxygens (including phenoxy) is 1. The minimum atomic E-state index is -3.78. The van der Waals surface area contributed by atoms with Crippen LogP contribution in [0.5, 0.6) is 0 Å². The molecular formula is C20H27N3O5S. The molecule has 0 radical (unpaired) electrons. The SMILES string of the molecule is C[C@H](OC(=O)[C@@H]1CCCCN1C1=NS(=O)(=O)c2ccccc21)C(=O)NC(C)(C)C. The fourth-order valence-electron chi connectivity index (χ4n) is 3.50. The van der Waals surface area contributed by atoms with Gasteiger partial charge in [-0.1, -0.05) is 12.1 Å². The number of amides is 1. The van der Waals surface area contributed by atoms with Crippen LogP contribution in [0.3, 0.4) is 0 Å². The van der Waals surface area contributed by atoms with Gasteiger partial charge >= 0.3 is 5.97 Å². The second-order valence-electron chi connectivity index (χ2n) is 8.41. The van der Waals surface area contributed by atoms with Crippen molar-refractivity contribution in [2.24, 2.45) is 4.40 Å². The molecule has 0 aliphatic carbocycles. The Morgan fingerprint density at radius 3 is 2.62 bits per heavy atom. The number of fused-ring (bicyclic) bond motifs is 1. The molecule has 0 aromatic heterocycles. The second-order valence-corrected chi connectivity index (χ2v) is 9.98. The van der Waals surface area contributed by atoms with Gasteiger partial charge in [-0.2, -0.15) is 8.42 Å². The molecule has 3 rings (SSSR count). The van der Waals surface area contributed by atoms with E-state index in [4.69, 9.17) is 4.74 Å². The first-order valence-electron chi connectivity index (χ1n) is 9.73. The van der Waals surface area contributed by atoms with Gasteiger partial charge < -0.3 is 15.0 Å². The van der Waals surface area contributed by atoms with E-state index in [1.165, 1.54) is 13.0 Å². The molecule has 0 bridgehead atoms. The van der Waals surface area contributed by atoms with Gasteiger partial charge in [-0.05, 0) is 59.1 Å². The van der Waals surface area contributed by atoms with Gasteiger partial charge in [-0.3, -0.25) is 4.79 Å². The monoisotopic (exact) mass is 421 g/mol. The number of nitrogens with one attached hydrogen (secondary N) is 1. The molecule has 8 nitrogen and oxygen atoms in total. The highest BCUT2D eigenvalue weighted by Crippen LogP contribution is 2.31. The van der Waals surface area contributed by atoms with Crippen LogP contribution < -0.4 is 5.32 Å². The fourth-order valence-corrected chi connectivity index (χ4v) is 4.72. The third-order valence-electron chi connectivity index (χ3n) is 4.82. The molecule has 1 saturated heterocycles. The van der Waals surface area contributed by atoms with Crippen LogP contribution in [0, 0.1) is 0 Å². The largest absolute Gasteiger partial charge is 0.451 e. The lowest BCUT2D eigenvalue weighted by Crippen LogP contribution is -2.51. The molecule has 1 amide bonds. The van der Waals surface area contributed by atoms with E-state index in [0.29, 0.717) is 18.5 Å². The third-order valence-corrected chi connectivity index (χ3v) is 6.14. The Bertz CT molecular complexity index is 949. The molecule has 1 aromatic carbocycles. The van der Waals surface area contributed by atoms with E-state index in [1.807, 2.05) is 20.8 Å². The Balaban J connectivity index is 1.81. The highest BCUT2D eigenvalue weighted by atomic mass is 32.2. The zero-order valence-corrected chi connectivity index (χ0v) is 18.0. The standard InChI is InChI=1S/C20H27N3O5S/c1-13(18(24)21-20(2,3)4)28-19(25)15-10-7-8-12-23(15)17-14-9-5-6-11-16(14)29(26,27)22-17/h5-6,9,11,13,15H,7-8,10,12H2,1-4H3,(H,21,24)/t13-,15-/m0/s1. The molecule has 0 unspecified atom stereocenters. The number of benzene rings is 1. The van der Waals surface area contributed by atoms with Crippen LogP contribution in [0.15, 0.2) is 33.6 Å². The minimum Gasteiger partial charge on any atom is -0.451 e. The van der Waals surface area contributed by atoms with Crippen molar-refractivity contribution in [1.82, 2.24) is 10.2 Å². The van der Waals surface area contributed by atoms with Crippen molar-refractivity contribution in [1.29, 1.82) is 0 Å². The third kappa shape index (κ3) is 4.60. The summed E-state index contributed by atoms with van der Waals surface area (Å²) >= 11 is 0. The van der Waals surface area contributed by atoms with Crippen molar-refractivity contribution < 1.29 is 22.7 Å². The van der Waals surface area contributed by atoms with Gasteiger partial charge in [0.1, 0.15) is 10.9 Å². The topological polar surface area (TPSA) is 105 Å². The Morgan fingerprint density at radius 2 is 1.93 bits per heavy atom. The molecule has 29 heavy (non-hydrogen) atoms. The van der Waals surface area contributed by atoms with Gasteiger partial charge in [0.15, 0.2) is 11.9 Å². The average Bonchev–Trinajstić information content (AvgIpc) is 2.92. The summed E-state index contributed by atoms with van der Waals surface area (Å²) in [6, 6.07) is 5.90. The van der Waals surface area contributed by atoms with Gasteiger partial charge in [0, 0.05) is 17.6 Å². The highest BCUT2D eigenvalue weighted by Gasteiger charge is 2.39. The number of hydrogen-bond acceptors (Lipinski definition) is 6. The van der Waals surface area contributed by atoms with Crippen molar-refractivity contribution in [3.8, 4) is 0 Å². The molecule has 2 aliphatic rings. The summed E-state index contributed by atoms with van der Waals surface area (Å²) < 4.78 is 34.2. The smallest absolute Gasteiger partial charge is 0.329 e. The van der Waals surface area contributed by atoms with E-state index >= 15 is 0 Å². The summed E-state index contributed by atoms with van der Waals surface area (Å²) in [5.74, 6) is -0.654. The quantitative estimate of drug-likeness (QED) is 0.747. The second kappa shape index (κ2) is 7.78. The Hall–Kier alpha value is -2.42. The van der Waals surface area contributed by atoms with E-state index in [0.717, 1.165) is 12.8 Å². The zero-order valence-electron chi connectivity index (χ0n) is 17.1. The summed E-state index contributed by atoms with van der Waals surface area (Å²) in [4.78, 5) is 27.0. The Labute approximate surface area is 171 Å². The summed E-state index contributed by atoms with van der Waals surface area (Å²) in [7, 11) is -3.78. The fraction of sp³-hybridized carbons (Fsp3) is 0.550. The number of amidine groups is 1. The molecule has 1 N–H and O–H groups in total. The van der Waals surface area contributed by atoms with E-state index in [-0.39, 0.29) is 16.6 Å². The highest BCUT2D eigenvalue weighted by molar-refractivity contribution is 7.90. The lowest BCUT2D eigenvalue weighted by Gasteiger charge is -2.36. The first-order chi connectivity index (χ1) is 13.5. The molecule has 0 saturated carbocycles. The van der Waals surface area contributed by atoms with Gasteiger partial charge in [0.05, 0.1) is 0 Å². The van der Waals surface area contributed by atoms with Gasteiger partial charge in [-0.15, -0.1) is 4.40 Å². The average molecular weight is 422 g/mol. The van der Waals surface area contributed by atoms with E-state index < -0.39 is 33.7 Å². The van der Waals surface area contributed by atoms with Gasteiger partial charge in [-0.25, -0.2) is 4.79 Å². The van der Waals surface area contributed by atoms with Gasteiger partial charge in [0.25, 0.3) is 15.9 Å². The minimum absolute atomic E-state index is 0.144. The zero-order chi connectivity index (χ0) is 21.4. The molecule has 1 fully saturated rings. The molecule has 0 spiro atoms. The maximum absolute atomic E-state index is 12.9. The predicted octanol–water partition coefficient (Wildman–Crippen LogP) is 1.84. The molecule has 2 heterocycles. The number of esters is 1. The number of rotatable bonds is 3. The van der Waals surface area contributed by atoms with Crippen molar-refractivity contribution >= 4 is 27.7 Å². The van der Waals surface area contributed by atoms with E-state index in [9.17, 15) is 18.0 Å². The summed E-state index contributed by atoms with van der Waals surface area (Å²) in [5, 5.41) is 2.78. The molecule has 9 heteroatoms. The molecule has 158 valence electrons. The van der Waals surface area contributed by atoms with Crippen LogP contribution in [0.4, 0.5) is 0 Å². The van der Waals surface area contributed by atoms with Crippen LogP contribution in [-0.2, 0) is 24.3 Å². The Kier molecular flexibility index (Phi) is 5.71. The number of likely N-dealkylation sites (tertiary alicyclic amines) is 1. The lowest BCUT2D eigenvalue weighted by atomic mass is 10.0. The maximum atomic E-state index is 12.9. The molecule has 1 aromatic rings. The lowest BCUT2D eigenvalue weighted by molar-refractivity contribution is -0.160. The molecular weight excluding hydrogens is 394 g/mol. The first-order valence-corrected chi connectivity index (χ1v) is 11.2. The maximum Gasteiger partial charge on any atom is 0.329 e. The number of nitrogens with zero attached hydrogens (tertiary/aromatic N) is 2. The number of carbonyl (C=O) groups is 2. The first kappa shape index (κ1) is 21.3.